The number of benzene rings is 1. The van der Waals surface area contributed by atoms with Crippen molar-refractivity contribution >= 4 is 28.9 Å². The maximum absolute atomic E-state index is 11.2. The number of aromatic nitrogens is 1. The first kappa shape index (κ1) is 13.9. The van der Waals surface area contributed by atoms with Crippen LogP contribution >= 0.6 is 23.1 Å². The number of hydrogen-bond acceptors (Lipinski definition) is 6. The SMILES string of the molecule is COc1ccc(Sc2ncc(C(C)=O)s2)cc1OC. The number of thiazole rings is 1. The molecule has 0 spiro atoms. The summed E-state index contributed by atoms with van der Waals surface area (Å²) in [6, 6.07) is 5.67. The van der Waals surface area contributed by atoms with Crippen LogP contribution in [0.2, 0.25) is 0 Å². The number of carbonyl (C=O) groups excluding carboxylic acids is 1. The highest BCUT2D eigenvalue weighted by atomic mass is 32.2. The summed E-state index contributed by atoms with van der Waals surface area (Å²) in [5, 5.41) is 0. The van der Waals surface area contributed by atoms with Crippen molar-refractivity contribution in [1.82, 2.24) is 4.98 Å². The molecule has 0 aliphatic rings. The van der Waals surface area contributed by atoms with Crippen LogP contribution in [0.25, 0.3) is 0 Å². The Labute approximate surface area is 119 Å². The van der Waals surface area contributed by atoms with Gasteiger partial charge in [-0.05, 0) is 18.2 Å². The molecule has 0 N–H and O–H groups in total. The van der Waals surface area contributed by atoms with Crippen LogP contribution in [-0.2, 0) is 0 Å². The van der Waals surface area contributed by atoms with Gasteiger partial charge >= 0.3 is 0 Å². The molecule has 0 radical (unpaired) electrons. The highest BCUT2D eigenvalue weighted by Crippen LogP contribution is 2.36. The Morgan fingerprint density at radius 1 is 1.26 bits per heavy atom. The third-order valence-electron chi connectivity index (χ3n) is 2.39. The molecule has 2 aromatic rings. The molecule has 1 aromatic heterocycles. The van der Waals surface area contributed by atoms with Gasteiger partial charge in [-0.25, -0.2) is 4.98 Å². The fourth-order valence-corrected chi connectivity index (χ4v) is 3.33. The smallest absolute Gasteiger partial charge is 0.171 e. The minimum Gasteiger partial charge on any atom is -0.493 e. The summed E-state index contributed by atoms with van der Waals surface area (Å²) in [7, 11) is 3.20. The van der Waals surface area contributed by atoms with Crippen LogP contribution in [0.15, 0.2) is 33.6 Å². The van der Waals surface area contributed by atoms with Gasteiger partial charge < -0.3 is 9.47 Å². The minimum atomic E-state index is 0.0386. The predicted molar refractivity (Wildman–Crippen MR) is 75.8 cm³/mol. The van der Waals surface area contributed by atoms with E-state index in [0.717, 1.165) is 9.24 Å². The van der Waals surface area contributed by atoms with Gasteiger partial charge in [0.15, 0.2) is 21.6 Å². The summed E-state index contributed by atoms with van der Waals surface area (Å²) < 4.78 is 11.3. The molecule has 0 saturated heterocycles. The molecule has 2 rings (SSSR count). The average molecular weight is 295 g/mol. The molecule has 19 heavy (non-hydrogen) atoms. The van der Waals surface area contributed by atoms with Gasteiger partial charge in [0.2, 0.25) is 0 Å². The maximum atomic E-state index is 11.2. The van der Waals surface area contributed by atoms with Crippen LogP contribution in [-0.4, -0.2) is 25.0 Å². The van der Waals surface area contributed by atoms with Gasteiger partial charge in [0, 0.05) is 11.8 Å². The van der Waals surface area contributed by atoms with E-state index in [2.05, 4.69) is 4.98 Å². The zero-order chi connectivity index (χ0) is 13.8. The fraction of sp³-hybridized carbons (Fsp3) is 0.231. The molecule has 100 valence electrons. The van der Waals surface area contributed by atoms with E-state index in [1.54, 1.807) is 27.3 Å². The first-order valence-corrected chi connectivity index (χ1v) is 7.14. The van der Waals surface area contributed by atoms with Crippen molar-refractivity contribution in [1.29, 1.82) is 0 Å². The van der Waals surface area contributed by atoms with E-state index in [9.17, 15) is 4.79 Å². The maximum Gasteiger partial charge on any atom is 0.171 e. The zero-order valence-corrected chi connectivity index (χ0v) is 12.4. The average Bonchev–Trinajstić information content (AvgIpc) is 2.87. The standard InChI is InChI=1S/C13H13NO3S2/c1-8(15)12-7-14-13(19-12)18-9-4-5-10(16-2)11(6-9)17-3/h4-7H,1-3H3. The molecule has 1 aromatic carbocycles. The van der Waals surface area contributed by atoms with Gasteiger partial charge in [-0.15, -0.1) is 11.3 Å². The van der Waals surface area contributed by atoms with E-state index >= 15 is 0 Å². The van der Waals surface area contributed by atoms with E-state index in [1.807, 2.05) is 18.2 Å². The van der Waals surface area contributed by atoms with Crippen molar-refractivity contribution < 1.29 is 14.3 Å². The van der Waals surface area contributed by atoms with Gasteiger partial charge in [-0.2, -0.15) is 0 Å². The molecule has 0 atom stereocenters. The number of ketones is 1. The lowest BCUT2D eigenvalue weighted by Gasteiger charge is -2.08. The van der Waals surface area contributed by atoms with E-state index < -0.39 is 0 Å². The Balaban J connectivity index is 2.20. The van der Waals surface area contributed by atoms with Crippen molar-refractivity contribution in [3.8, 4) is 11.5 Å². The van der Waals surface area contributed by atoms with Crippen LogP contribution in [0, 0.1) is 0 Å². The number of nitrogens with zero attached hydrogens (tertiary/aromatic N) is 1. The summed E-state index contributed by atoms with van der Waals surface area (Å²) in [5.41, 5.74) is 0. The molecule has 0 saturated carbocycles. The van der Waals surface area contributed by atoms with Crippen molar-refractivity contribution in [3.05, 3.63) is 29.3 Å². The second kappa shape index (κ2) is 6.08. The molecule has 1 heterocycles. The second-order valence-corrected chi connectivity index (χ2v) is 6.02. The molecular formula is C13H13NO3S2. The molecule has 0 aliphatic carbocycles. The topological polar surface area (TPSA) is 48.4 Å². The summed E-state index contributed by atoms with van der Waals surface area (Å²) in [6.07, 6.45) is 1.61. The Morgan fingerprint density at radius 2 is 2.00 bits per heavy atom. The van der Waals surface area contributed by atoms with E-state index in [1.165, 1.54) is 23.1 Å². The lowest BCUT2D eigenvalue weighted by atomic mass is 10.3. The minimum absolute atomic E-state index is 0.0386. The van der Waals surface area contributed by atoms with Gasteiger partial charge in [0.05, 0.1) is 25.3 Å². The molecule has 6 heteroatoms. The van der Waals surface area contributed by atoms with Gasteiger partial charge in [0.1, 0.15) is 0 Å². The first-order valence-electron chi connectivity index (χ1n) is 5.50. The van der Waals surface area contributed by atoms with Gasteiger partial charge in [-0.1, -0.05) is 11.8 Å². The number of hydrogen-bond donors (Lipinski definition) is 0. The third kappa shape index (κ3) is 3.27. The first-order chi connectivity index (χ1) is 9.13. The van der Waals surface area contributed by atoms with Crippen LogP contribution < -0.4 is 9.47 Å². The fourth-order valence-electron chi connectivity index (χ4n) is 1.45. The number of rotatable bonds is 5. The second-order valence-electron chi connectivity index (χ2n) is 3.67. The highest BCUT2D eigenvalue weighted by molar-refractivity contribution is 8.01. The zero-order valence-electron chi connectivity index (χ0n) is 10.8. The van der Waals surface area contributed by atoms with E-state index in [0.29, 0.717) is 16.4 Å². The van der Waals surface area contributed by atoms with Crippen LogP contribution in [0.1, 0.15) is 16.6 Å². The van der Waals surface area contributed by atoms with Crippen LogP contribution in [0.5, 0.6) is 11.5 Å². The van der Waals surface area contributed by atoms with Crippen molar-refractivity contribution in [2.24, 2.45) is 0 Å². The summed E-state index contributed by atoms with van der Waals surface area (Å²) in [4.78, 5) is 17.1. The largest absolute Gasteiger partial charge is 0.493 e. The van der Waals surface area contributed by atoms with Crippen LogP contribution in [0.3, 0.4) is 0 Å². The molecule has 0 aliphatic heterocycles. The Morgan fingerprint density at radius 3 is 2.58 bits per heavy atom. The number of ether oxygens (including phenoxy) is 2. The normalized spacial score (nSPS) is 10.3. The van der Waals surface area contributed by atoms with Crippen molar-refractivity contribution in [3.63, 3.8) is 0 Å². The molecule has 4 nitrogen and oxygen atoms in total. The monoisotopic (exact) mass is 295 g/mol. The Bertz CT molecular complexity index is 595. The van der Waals surface area contributed by atoms with Crippen molar-refractivity contribution in [2.75, 3.05) is 14.2 Å². The Kier molecular flexibility index (Phi) is 4.44. The quantitative estimate of drug-likeness (QED) is 0.790. The third-order valence-corrected chi connectivity index (χ3v) is 4.55. The lowest BCUT2D eigenvalue weighted by Crippen LogP contribution is -1.90. The van der Waals surface area contributed by atoms with Gasteiger partial charge in [0.25, 0.3) is 0 Å². The molecule has 0 bridgehead atoms. The molecular weight excluding hydrogens is 282 g/mol. The Hall–Kier alpha value is -1.53. The van der Waals surface area contributed by atoms with Crippen molar-refractivity contribution in [2.45, 2.75) is 16.2 Å². The van der Waals surface area contributed by atoms with Gasteiger partial charge in [-0.3, -0.25) is 4.79 Å². The highest BCUT2D eigenvalue weighted by Gasteiger charge is 2.10. The molecule has 0 unspecified atom stereocenters. The van der Waals surface area contributed by atoms with E-state index in [-0.39, 0.29) is 5.78 Å². The summed E-state index contributed by atoms with van der Waals surface area (Å²) >= 11 is 2.88. The summed E-state index contributed by atoms with van der Waals surface area (Å²) in [6.45, 7) is 1.54. The number of methoxy groups -OCH3 is 2. The number of carbonyl (C=O) groups is 1. The number of Topliss-reactive ketones (excluding diaryl/α,β-unsaturated/α-hetero) is 1. The summed E-state index contributed by atoms with van der Waals surface area (Å²) in [5.74, 6) is 1.41. The van der Waals surface area contributed by atoms with E-state index in [4.69, 9.17) is 9.47 Å². The lowest BCUT2D eigenvalue weighted by molar-refractivity contribution is 0.102. The van der Waals surface area contributed by atoms with Crippen LogP contribution in [0.4, 0.5) is 0 Å². The predicted octanol–water partition coefficient (Wildman–Crippen LogP) is 3.51. The molecule has 0 amide bonds. The molecule has 0 fully saturated rings.